The first-order valence-corrected chi connectivity index (χ1v) is 9.28. The highest BCUT2D eigenvalue weighted by Gasteiger charge is 2.11. The number of benzene rings is 3. The van der Waals surface area contributed by atoms with Crippen LogP contribution in [0.1, 0.15) is 28.4 Å². The van der Waals surface area contributed by atoms with Crippen LogP contribution in [0.15, 0.2) is 72.8 Å². The van der Waals surface area contributed by atoms with Crippen molar-refractivity contribution >= 4 is 35.9 Å². The Kier molecular flexibility index (Phi) is 6.80. The third kappa shape index (κ3) is 6.57. The fourth-order valence-electron chi connectivity index (χ4n) is 2.55. The van der Waals surface area contributed by atoms with Crippen molar-refractivity contribution in [3.05, 3.63) is 89.5 Å². The third-order valence-electron chi connectivity index (χ3n) is 4.06. The van der Waals surface area contributed by atoms with Gasteiger partial charge in [-0.2, -0.15) is 0 Å². The molecular weight excluding hydrogens is 398 g/mol. The van der Waals surface area contributed by atoms with Crippen LogP contribution in [0.25, 0.3) is 12.2 Å². The molecule has 0 saturated carbocycles. The standard InChI is InChI=1S/C24H19NO6/c1-16(26)30-23(28)19-8-14-22(15-9-19)31-24(29)25-20-10-4-17(5-11-20)2-3-18-6-12-21(27)13-7-18/h2-15,27H,1H3,(H,25,29). The Balaban J connectivity index is 1.54. The van der Waals surface area contributed by atoms with Crippen LogP contribution in [0.4, 0.5) is 10.5 Å². The molecule has 3 aromatic rings. The van der Waals surface area contributed by atoms with Crippen LogP contribution < -0.4 is 10.1 Å². The number of phenols is 1. The van der Waals surface area contributed by atoms with Crippen LogP contribution in [-0.4, -0.2) is 23.1 Å². The molecule has 0 radical (unpaired) electrons. The second kappa shape index (κ2) is 9.89. The molecule has 7 heteroatoms. The van der Waals surface area contributed by atoms with Gasteiger partial charge in [-0.3, -0.25) is 10.1 Å². The van der Waals surface area contributed by atoms with Gasteiger partial charge in [-0.25, -0.2) is 9.59 Å². The van der Waals surface area contributed by atoms with E-state index in [0.717, 1.165) is 18.1 Å². The molecule has 0 bridgehead atoms. The van der Waals surface area contributed by atoms with Crippen molar-refractivity contribution in [3.8, 4) is 11.5 Å². The number of ether oxygens (including phenoxy) is 2. The molecule has 2 N–H and O–H groups in total. The Morgan fingerprint density at radius 2 is 1.35 bits per heavy atom. The van der Waals surface area contributed by atoms with Gasteiger partial charge in [-0.05, 0) is 59.7 Å². The van der Waals surface area contributed by atoms with Crippen molar-refractivity contribution < 1.29 is 29.0 Å². The summed E-state index contributed by atoms with van der Waals surface area (Å²) in [6.07, 6.45) is 3.13. The second-order valence-corrected chi connectivity index (χ2v) is 6.47. The molecule has 0 atom stereocenters. The lowest BCUT2D eigenvalue weighted by atomic mass is 10.1. The summed E-state index contributed by atoms with van der Waals surface area (Å²) in [6, 6.07) is 19.6. The molecule has 0 aliphatic heterocycles. The van der Waals surface area contributed by atoms with Crippen LogP contribution in [0.3, 0.4) is 0 Å². The van der Waals surface area contributed by atoms with Crippen LogP contribution >= 0.6 is 0 Å². The minimum absolute atomic E-state index is 0.166. The number of nitrogens with one attached hydrogen (secondary N) is 1. The average molecular weight is 417 g/mol. The number of hydrogen-bond donors (Lipinski definition) is 2. The van der Waals surface area contributed by atoms with Crippen molar-refractivity contribution in [2.75, 3.05) is 5.32 Å². The Bertz CT molecular complexity index is 1100. The molecule has 0 unspecified atom stereocenters. The summed E-state index contributed by atoms with van der Waals surface area (Å²) in [4.78, 5) is 34.5. The maximum atomic E-state index is 12.1. The van der Waals surface area contributed by atoms with Gasteiger partial charge >= 0.3 is 18.0 Å². The molecular formula is C24H19NO6. The van der Waals surface area contributed by atoms with Crippen molar-refractivity contribution in [2.45, 2.75) is 6.92 Å². The van der Waals surface area contributed by atoms with Crippen molar-refractivity contribution in [1.82, 2.24) is 0 Å². The van der Waals surface area contributed by atoms with E-state index in [-0.39, 0.29) is 17.1 Å². The zero-order valence-corrected chi connectivity index (χ0v) is 16.6. The van der Waals surface area contributed by atoms with Gasteiger partial charge in [0, 0.05) is 12.6 Å². The predicted octanol–water partition coefficient (Wildman–Crippen LogP) is 4.88. The van der Waals surface area contributed by atoms with Gasteiger partial charge in [-0.15, -0.1) is 0 Å². The Morgan fingerprint density at radius 1 is 0.806 bits per heavy atom. The Hall–Kier alpha value is -4.39. The number of phenolic OH excluding ortho intramolecular Hbond substituents is 1. The van der Waals surface area contributed by atoms with E-state index in [9.17, 15) is 19.5 Å². The van der Waals surface area contributed by atoms with Crippen LogP contribution in [0, 0.1) is 0 Å². The lowest BCUT2D eigenvalue weighted by Gasteiger charge is -2.07. The molecule has 0 fully saturated rings. The van der Waals surface area contributed by atoms with Gasteiger partial charge in [0.25, 0.3) is 0 Å². The van der Waals surface area contributed by atoms with Gasteiger partial charge in [-0.1, -0.05) is 36.4 Å². The first-order chi connectivity index (χ1) is 14.9. The van der Waals surface area contributed by atoms with E-state index >= 15 is 0 Å². The van der Waals surface area contributed by atoms with Gasteiger partial charge in [0.05, 0.1) is 5.56 Å². The molecule has 3 rings (SSSR count). The number of hydrogen-bond acceptors (Lipinski definition) is 6. The van der Waals surface area contributed by atoms with E-state index < -0.39 is 18.0 Å². The summed E-state index contributed by atoms with van der Waals surface area (Å²) in [5, 5.41) is 11.9. The van der Waals surface area contributed by atoms with Gasteiger partial charge in [0.1, 0.15) is 11.5 Å². The molecule has 7 nitrogen and oxygen atoms in total. The molecule has 0 saturated heterocycles. The average Bonchev–Trinajstić information content (AvgIpc) is 2.74. The topological polar surface area (TPSA) is 102 Å². The van der Waals surface area contributed by atoms with E-state index in [1.807, 2.05) is 24.3 Å². The lowest BCUT2D eigenvalue weighted by molar-refractivity contribution is -0.135. The van der Waals surface area contributed by atoms with Gasteiger partial charge < -0.3 is 14.6 Å². The molecule has 0 spiro atoms. The minimum Gasteiger partial charge on any atom is -0.508 e. The number of carbonyl (C=O) groups excluding carboxylic acids is 3. The smallest absolute Gasteiger partial charge is 0.417 e. The number of aromatic hydroxyl groups is 1. The van der Waals surface area contributed by atoms with E-state index in [1.165, 1.54) is 24.3 Å². The quantitative estimate of drug-likeness (QED) is 0.349. The highest BCUT2D eigenvalue weighted by atomic mass is 16.6. The molecule has 0 heterocycles. The van der Waals surface area contributed by atoms with Crippen LogP contribution in [0.2, 0.25) is 0 Å². The first-order valence-electron chi connectivity index (χ1n) is 9.28. The fraction of sp³-hybridized carbons (Fsp3) is 0.0417. The number of amides is 1. The SMILES string of the molecule is CC(=O)OC(=O)c1ccc(OC(=O)Nc2ccc(C=Cc3ccc(O)cc3)cc2)cc1. The molecule has 0 aliphatic carbocycles. The summed E-state index contributed by atoms with van der Waals surface area (Å²) in [7, 11) is 0. The maximum absolute atomic E-state index is 12.1. The van der Waals surface area contributed by atoms with Gasteiger partial charge in [0.15, 0.2) is 0 Å². The molecule has 3 aromatic carbocycles. The molecule has 0 aliphatic rings. The fourth-order valence-corrected chi connectivity index (χ4v) is 2.55. The first kappa shape index (κ1) is 21.3. The number of anilines is 1. The largest absolute Gasteiger partial charge is 0.508 e. The molecule has 31 heavy (non-hydrogen) atoms. The third-order valence-corrected chi connectivity index (χ3v) is 4.06. The Labute approximate surface area is 178 Å². The normalized spacial score (nSPS) is 10.5. The summed E-state index contributed by atoms with van der Waals surface area (Å²) < 4.78 is 9.66. The zero-order chi connectivity index (χ0) is 22.2. The lowest BCUT2D eigenvalue weighted by Crippen LogP contribution is -2.16. The van der Waals surface area contributed by atoms with Crippen molar-refractivity contribution in [1.29, 1.82) is 0 Å². The minimum atomic E-state index is -0.775. The number of esters is 2. The number of rotatable bonds is 5. The molecule has 0 aromatic heterocycles. The monoisotopic (exact) mass is 417 g/mol. The summed E-state index contributed by atoms with van der Waals surface area (Å²) in [5.74, 6) is -1.04. The van der Waals surface area contributed by atoms with Crippen molar-refractivity contribution in [2.24, 2.45) is 0 Å². The second-order valence-electron chi connectivity index (χ2n) is 6.47. The van der Waals surface area contributed by atoms with Crippen LogP contribution in [-0.2, 0) is 9.53 Å². The highest BCUT2D eigenvalue weighted by Crippen LogP contribution is 2.17. The highest BCUT2D eigenvalue weighted by molar-refractivity contribution is 5.96. The number of carbonyl (C=O) groups is 3. The predicted molar refractivity (Wildman–Crippen MR) is 116 cm³/mol. The van der Waals surface area contributed by atoms with Crippen molar-refractivity contribution in [3.63, 3.8) is 0 Å². The van der Waals surface area contributed by atoms with Gasteiger partial charge in [0.2, 0.25) is 0 Å². The van der Waals surface area contributed by atoms with E-state index in [1.54, 1.807) is 36.4 Å². The molecule has 156 valence electrons. The Morgan fingerprint density at radius 3 is 1.90 bits per heavy atom. The summed E-state index contributed by atoms with van der Waals surface area (Å²) in [6.45, 7) is 1.14. The zero-order valence-electron chi connectivity index (χ0n) is 16.6. The van der Waals surface area contributed by atoms with E-state index in [4.69, 9.17) is 4.74 Å². The van der Waals surface area contributed by atoms with E-state index in [2.05, 4.69) is 10.1 Å². The van der Waals surface area contributed by atoms with Crippen LogP contribution in [0.5, 0.6) is 11.5 Å². The summed E-state index contributed by atoms with van der Waals surface area (Å²) >= 11 is 0. The summed E-state index contributed by atoms with van der Waals surface area (Å²) in [5.41, 5.74) is 2.59. The maximum Gasteiger partial charge on any atom is 0.417 e. The van der Waals surface area contributed by atoms with E-state index in [0.29, 0.717) is 5.69 Å². The molecule has 1 amide bonds.